The Hall–Kier alpha value is -2.17. The number of carbonyl (C=O) groups excluding carboxylic acids is 1. The molecule has 0 aliphatic heterocycles. The zero-order valence-electron chi connectivity index (χ0n) is 12.8. The summed E-state index contributed by atoms with van der Waals surface area (Å²) >= 11 is 0. The summed E-state index contributed by atoms with van der Waals surface area (Å²) < 4.78 is 1.57. The number of nitrogens with one attached hydrogen (secondary N) is 1. The molecule has 1 heterocycles. The monoisotopic (exact) mass is 299 g/mol. The van der Waals surface area contributed by atoms with E-state index in [0.717, 1.165) is 25.7 Å². The molecule has 1 aromatic heterocycles. The summed E-state index contributed by atoms with van der Waals surface area (Å²) in [6, 6.07) is 7.35. The Morgan fingerprint density at radius 2 is 2.05 bits per heavy atom. The van der Waals surface area contributed by atoms with Gasteiger partial charge in [-0.2, -0.15) is 0 Å². The summed E-state index contributed by atoms with van der Waals surface area (Å²) in [6.07, 6.45) is 4.86. The Bertz CT molecular complexity index is 745. The van der Waals surface area contributed by atoms with E-state index < -0.39 is 0 Å². The Kier molecular flexibility index (Phi) is 4.22. The van der Waals surface area contributed by atoms with Crippen LogP contribution in [0.4, 0.5) is 0 Å². The standard InChI is InChI=1S/C17H21N3O2/c1-20-15(10-11-18-16(21)12-6-2-3-7-12)19-14-9-5-4-8-13(14)17(20)22/h4-5,8-9,12H,2-3,6-7,10-11H2,1H3,(H,18,21). The van der Waals surface area contributed by atoms with E-state index in [1.54, 1.807) is 17.7 Å². The molecule has 5 nitrogen and oxygen atoms in total. The van der Waals surface area contributed by atoms with E-state index in [9.17, 15) is 9.59 Å². The number of hydrogen-bond acceptors (Lipinski definition) is 3. The van der Waals surface area contributed by atoms with Gasteiger partial charge in [0.2, 0.25) is 5.91 Å². The van der Waals surface area contributed by atoms with Gasteiger partial charge in [0.05, 0.1) is 10.9 Å². The molecule has 0 unspecified atom stereocenters. The molecule has 1 fully saturated rings. The van der Waals surface area contributed by atoms with Crippen molar-refractivity contribution in [3.63, 3.8) is 0 Å². The van der Waals surface area contributed by atoms with Gasteiger partial charge < -0.3 is 5.32 Å². The third-order valence-electron chi connectivity index (χ3n) is 4.45. The number of rotatable bonds is 4. The van der Waals surface area contributed by atoms with Crippen molar-refractivity contribution in [1.82, 2.24) is 14.9 Å². The van der Waals surface area contributed by atoms with Crippen molar-refractivity contribution in [1.29, 1.82) is 0 Å². The maximum atomic E-state index is 12.3. The Balaban J connectivity index is 1.70. The number of nitrogens with zero attached hydrogens (tertiary/aromatic N) is 2. The molecule has 1 aliphatic rings. The molecular weight excluding hydrogens is 278 g/mol. The highest BCUT2D eigenvalue weighted by Gasteiger charge is 2.22. The largest absolute Gasteiger partial charge is 0.355 e. The molecule has 0 spiro atoms. The van der Waals surface area contributed by atoms with Gasteiger partial charge in [-0.05, 0) is 25.0 Å². The molecule has 116 valence electrons. The summed E-state index contributed by atoms with van der Waals surface area (Å²) in [5, 5.41) is 3.60. The fourth-order valence-electron chi connectivity index (χ4n) is 3.12. The van der Waals surface area contributed by atoms with Crippen LogP contribution in [0.25, 0.3) is 10.9 Å². The third-order valence-corrected chi connectivity index (χ3v) is 4.45. The third kappa shape index (κ3) is 2.89. The zero-order chi connectivity index (χ0) is 15.5. The minimum absolute atomic E-state index is 0.0391. The fraction of sp³-hybridized carbons (Fsp3) is 0.471. The van der Waals surface area contributed by atoms with E-state index in [2.05, 4.69) is 10.3 Å². The highest BCUT2D eigenvalue weighted by Crippen LogP contribution is 2.24. The van der Waals surface area contributed by atoms with E-state index in [4.69, 9.17) is 0 Å². The molecule has 3 rings (SSSR count). The number of carbonyl (C=O) groups is 1. The maximum Gasteiger partial charge on any atom is 0.261 e. The van der Waals surface area contributed by atoms with Gasteiger partial charge in [0.15, 0.2) is 0 Å². The van der Waals surface area contributed by atoms with E-state index in [0.29, 0.717) is 29.7 Å². The lowest BCUT2D eigenvalue weighted by Crippen LogP contribution is -2.32. The normalized spacial score (nSPS) is 15.3. The predicted octanol–water partition coefficient (Wildman–Crippen LogP) is 1.78. The zero-order valence-corrected chi connectivity index (χ0v) is 12.8. The predicted molar refractivity (Wildman–Crippen MR) is 85.7 cm³/mol. The van der Waals surface area contributed by atoms with Gasteiger partial charge in [-0.1, -0.05) is 25.0 Å². The first kappa shape index (κ1) is 14.8. The van der Waals surface area contributed by atoms with Crippen molar-refractivity contribution in [3.05, 3.63) is 40.4 Å². The van der Waals surface area contributed by atoms with Crippen LogP contribution in [0.3, 0.4) is 0 Å². The molecule has 22 heavy (non-hydrogen) atoms. The summed E-state index contributed by atoms with van der Waals surface area (Å²) in [5.41, 5.74) is 0.672. The first-order valence-corrected chi connectivity index (χ1v) is 7.89. The van der Waals surface area contributed by atoms with Crippen LogP contribution in [0.1, 0.15) is 31.5 Å². The van der Waals surface area contributed by atoms with Crippen molar-refractivity contribution in [3.8, 4) is 0 Å². The van der Waals surface area contributed by atoms with Gasteiger partial charge in [0.25, 0.3) is 5.56 Å². The molecule has 0 bridgehead atoms. The Morgan fingerprint density at radius 3 is 2.82 bits per heavy atom. The Labute approximate surface area is 129 Å². The highest BCUT2D eigenvalue weighted by atomic mass is 16.2. The lowest BCUT2D eigenvalue weighted by Gasteiger charge is -2.12. The van der Waals surface area contributed by atoms with Crippen molar-refractivity contribution in [2.24, 2.45) is 13.0 Å². The van der Waals surface area contributed by atoms with Gasteiger partial charge in [-0.15, -0.1) is 0 Å². The number of para-hydroxylation sites is 1. The van der Waals surface area contributed by atoms with Gasteiger partial charge in [-0.25, -0.2) is 4.98 Å². The maximum absolute atomic E-state index is 12.3. The van der Waals surface area contributed by atoms with Crippen molar-refractivity contribution >= 4 is 16.8 Å². The van der Waals surface area contributed by atoms with Gasteiger partial charge in [0.1, 0.15) is 5.82 Å². The smallest absolute Gasteiger partial charge is 0.261 e. The van der Waals surface area contributed by atoms with E-state index in [1.165, 1.54) is 0 Å². The van der Waals surface area contributed by atoms with Gasteiger partial charge in [0, 0.05) is 25.9 Å². The van der Waals surface area contributed by atoms with Crippen LogP contribution in [0.5, 0.6) is 0 Å². The second kappa shape index (κ2) is 6.30. The van der Waals surface area contributed by atoms with Crippen LogP contribution >= 0.6 is 0 Å². The van der Waals surface area contributed by atoms with Crippen molar-refractivity contribution < 1.29 is 4.79 Å². The topological polar surface area (TPSA) is 64.0 Å². The molecule has 2 aromatic rings. The lowest BCUT2D eigenvalue weighted by atomic mass is 10.1. The average Bonchev–Trinajstić information content (AvgIpc) is 3.06. The second-order valence-electron chi connectivity index (χ2n) is 5.93. The minimum atomic E-state index is -0.0391. The number of hydrogen-bond donors (Lipinski definition) is 1. The molecule has 1 N–H and O–H groups in total. The first-order valence-electron chi connectivity index (χ1n) is 7.89. The van der Waals surface area contributed by atoms with Crippen LogP contribution in [0.15, 0.2) is 29.1 Å². The summed E-state index contributed by atoms with van der Waals surface area (Å²) in [4.78, 5) is 28.8. The molecule has 1 aliphatic carbocycles. The van der Waals surface area contributed by atoms with E-state index in [1.807, 2.05) is 18.2 Å². The van der Waals surface area contributed by atoms with Gasteiger partial charge in [-0.3, -0.25) is 14.2 Å². The molecule has 0 atom stereocenters. The van der Waals surface area contributed by atoms with Crippen molar-refractivity contribution in [2.45, 2.75) is 32.1 Å². The summed E-state index contributed by atoms with van der Waals surface area (Å²) in [5.74, 6) is 1.02. The summed E-state index contributed by atoms with van der Waals surface area (Å²) in [6.45, 7) is 0.522. The van der Waals surface area contributed by atoms with Crippen LogP contribution in [-0.2, 0) is 18.3 Å². The van der Waals surface area contributed by atoms with E-state index >= 15 is 0 Å². The molecule has 1 amide bonds. The van der Waals surface area contributed by atoms with Crippen LogP contribution < -0.4 is 10.9 Å². The quantitative estimate of drug-likeness (QED) is 0.936. The lowest BCUT2D eigenvalue weighted by molar-refractivity contribution is -0.124. The first-order chi connectivity index (χ1) is 10.7. The molecule has 5 heteroatoms. The molecular formula is C17H21N3O2. The van der Waals surface area contributed by atoms with Crippen LogP contribution in [-0.4, -0.2) is 22.0 Å². The van der Waals surface area contributed by atoms with Crippen LogP contribution in [0.2, 0.25) is 0 Å². The van der Waals surface area contributed by atoms with Gasteiger partial charge >= 0.3 is 0 Å². The number of fused-ring (bicyclic) bond motifs is 1. The molecule has 0 saturated heterocycles. The summed E-state index contributed by atoms with van der Waals surface area (Å²) in [7, 11) is 1.73. The van der Waals surface area contributed by atoms with E-state index in [-0.39, 0.29) is 17.4 Å². The number of amides is 1. The van der Waals surface area contributed by atoms with Crippen molar-refractivity contribution in [2.75, 3.05) is 6.54 Å². The highest BCUT2D eigenvalue weighted by molar-refractivity contribution is 5.79. The molecule has 1 saturated carbocycles. The second-order valence-corrected chi connectivity index (χ2v) is 5.93. The number of aromatic nitrogens is 2. The average molecular weight is 299 g/mol. The molecule has 1 aromatic carbocycles. The SMILES string of the molecule is Cn1c(CCNC(=O)C2CCCC2)nc2ccccc2c1=O. The Morgan fingerprint density at radius 1 is 1.32 bits per heavy atom. The minimum Gasteiger partial charge on any atom is -0.355 e. The molecule has 0 radical (unpaired) electrons. The van der Waals surface area contributed by atoms with Crippen LogP contribution in [0, 0.1) is 5.92 Å². The fourth-order valence-corrected chi connectivity index (χ4v) is 3.12. The number of benzene rings is 1.